The lowest BCUT2D eigenvalue weighted by Crippen LogP contribution is -2.46. The van der Waals surface area contributed by atoms with E-state index in [0.717, 1.165) is 12.8 Å². The number of hydrogen-bond acceptors (Lipinski definition) is 4. The molecule has 0 aromatic rings. The van der Waals surface area contributed by atoms with Gasteiger partial charge < -0.3 is 15.2 Å². The van der Waals surface area contributed by atoms with Crippen LogP contribution < -0.4 is 5.32 Å². The molecule has 104 valence electrons. The van der Waals surface area contributed by atoms with Gasteiger partial charge in [0.1, 0.15) is 5.60 Å². The Hall–Kier alpha value is -0.910. The second kappa shape index (κ2) is 5.38. The quantitative estimate of drug-likeness (QED) is 0.805. The third kappa shape index (κ3) is 4.40. The van der Waals surface area contributed by atoms with Crippen LogP contribution in [0.25, 0.3) is 0 Å². The van der Waals surface area contributed by atoms with Crippen molar-refractivity contribution in [2.24, 2.45) is 0 Å². The van der Waals surface area contributed by atoms with Gasteiger partial charge in [0, 0.05) is 4.75 Å². The first-order chi connectivity index (χ1) is 8.18. The van der Waals surface area contributed by atoms with Crippen molar-refractivity contribution >= 4 is 23.8 Å². The Morgan fingerprint density at radius 3 is 2.33 bits per heavy atom. The summed E-state index contributed by atoms with van der Waals surface area (Å²) in [5.74, 6) is -0.906. The SMILES string of the molecule is CSC1(C(CC(=O)O)NC(=O)OC(C)(C)C)CC1. The minimum Gasteiger partial charge on any atom is -0.481 e. The Kier molecular flexibility index (Phi) is 4.53. The third-order valence-corrected chi connectivity index (χ3v) is 4.36. The highest BCUT2D eigenvalue weighted by molar-refractivity contribution is 8.00. The van der Waals surface area contributed by atoms with Crippen molar-refractivity contribution in [2.45, 2.75) is 56.4 Å². The van der Waals surface area contributed by atoms with E-state index >= 15 is 0 Å². The van der Waals surface area contributed by atoms with Crippen LogP contribution in [-0.4, -0.2) is 39.8 Å². The maximum Gasteiger partial charge on any atom is 0.407 e. The van der Waals surface area contributed by atoms with Gasteiger partial charge in [-0.15, -0.1) is 0 Å². The molecule has 18 heavy (non-hydrogen) atoms. The molecule has 1 aliphatic rings. The topological polar surface area (TPSA) is 75.6 Å². The summed E-state index contributed by atoms with van der Waals surface area (Å²) in [4.78, 5) is 22.6. The van der Waals surface area contributed by atoms with Gasteiger partial charge in [-0.25, -0.2) is 4.79 Å². The smallest absolute Gasteiger partial charge is 0.407 e. The zero-order chi connectivity index (χ0) is 14.0. The van der Waals surface area contributed by atoms with E-state index < -0.39 is 17.7 Å². The number of aliphatic carboxylic acids is 1. The summed E-state index contributed by atoms with van der Waals surface area (Å²) in [7, 11) is 0. The van der Waals surface area contributed by atoms with Crippen LogP contribution in [0.4, 0.5) is 4.79 Å². The van der Waals surface area contributed by atoms with Gasteiger partial charge in [-0.2, -0.15) is 11.8 Å². The van der Waals surface area contributed by atoms with Crippen LogP contribution in [0, 0.1) is 0 Å². The summed E-state index contributed by atoms with van der Waals surface area (Å²) in [6, 6.07) is -0.375. The van der Waals surface area contributed by atoms with Crippen molar-refractivity contribution in [3.05, 3.63) is 0 Å². The number of carbonyl (C=O) groups excluding carboxylic acids is 1. The molecule has 0 aliphatic heterocycles. The van der Waals surface area contributed by atoms with Crippen LogP contribution >= 0.6 is 11.8 Å². The lowest BCUT2D eigenvalue weighted by atomic mass is 10.1. The van der Waals surface area contributed by atoms with E-state index in [-0.39, 0.29) is 17.2 Å². The average molecular weight is 275 g/mol. The van der Waals surface area contributed by atoms with E-state index in [9.17, 15) is 9.59 Å². The van der Waals surface area contributed by atoms with E-state index in [2.05, 4.69) is 5.32 Å². The minimum absolute atomic E-state index is 0.0694. The molecular weight excluding hydrogens is 254 g/mol. The van der Waals surface area contributed by atoms with E-state index in [1.165, 1.54) is 0 Å². The van der Waals surface area contributed by atoms with E-state index in [4.69, 9.17) is 9.84 Å². The highest BCUT2D eigenvalue weighted by Crippen LogP contribution is 2.50. The number of amides is 1. The molecule has 5 nitrogen and oxygen atoms in total. The Morgan fingerprint density at radius 1 is 1.44 bits per heavy atom. The number of hydrogen-bond donors (Lipinski definition) is 2. The summed E-state index contributed by atoms with van der Waals surface area (Å²) < 4.78 is 5.04. The summed E-state index contributed by atoms with van der Waals surface area (Å²) in [6.45, 7) is 5.33. The van der Waals surface area contributed by atoms with Crippen LogP contribution in [0.5, 0.6) is 0 Å². The summed E-state index contributed by atoms with van der Waals surface area (Å²) in [5, 5.41) is 11.6. The molecule has 1 aliphatic carbocycles. The van der Waals surface area contributed by atoms with Crippen molar-refractivity contribution in [3.8, 4) is 0 Å². The van der Waals surface area contributed by atoms with Crippen molar-refractivity contribution in [1.29, 1.82) is 0 Å². The zero-order valence-corrected chi connectivity index (χ0v) is 12.1. The van der Waals surface area contributed by atoms with E-state index in [1.807, 2.05) is 6.26 Å². The predicted octanol–water partition coefficient (Wildman–Crippen LogP) is 2.25. The summed E-state index contributed by atoms with van der Waals surface area (Å²) in [6.07, 6.45) is 3.19. The monoisotopic (exact) mass is 275 g/mol. The first-order valence-electron chi connectivity index (χ1n) is 5.95. The Balaban J connectivity index is 2.62. The van der Waals surface area contributed by atoms with Crippen LogP contribution in [0.1, 0.15) is 40.0 Å². The molecule has 1 rings (SSSR count). The fourth-order valence-electron chi connectivity index (χ4n) is 1.81. The van der Waals surface area contributed by atoms with Gasteiger partial charge in [0.25, 0.3) is 0 Å². The number of rotatable bonds is 5. The first kappa shape index (κ1) is 15.1. The van der Waals surface area contributed by atoms with Gasteiger partial charge in [-0.3, -0.25) is 4.79 Å². The number of nitrogens with one attached hydrogen (secondary N) is 1. The molecule has 2 N–H and O–H groups in total. The third-order valence-electron chi connectivity index (χ3n) is 2.85. The summed E-state index contributed by atoms with van der Waals surface area (Å²) in [5.41, 5.74) is -0.575. The second-order valence-electron chi connectivity index (χ2n) is 5.57. The van der Waals surface area contributed by atoms with Crippen LogP contribution in [-0.2, 0) is 9.53 Å². The molecule has 6 heteroatoms. The van der Waals surface area contributed by atoms with Crippen molar-refractivity contribution in [3.63, 3.8) is 0 Å². The van der Waals surface area contributed by atoms with Gasteiger partial charge >= 0.3 is 12.1 Å². The molecule has 1 amide bonds. The lowest BCUT2D eigenvalue weighted by Gasteiger charge is -2.27. The molecule has 1 unspecified atom stereocenters. The molecule has 0 radical (unpaired) electrons. The zero-order valence-electron chi connectivity index (χ0n) is 11.3. The Labute approximate surface area is 112 Å². The van der Waals surface area contributed by atoms with Gasteiger partial charge in [-0.05, 0) is 39.9 Å². The maximum absolute atomic E-state index is 11.7. The number of carboxylic acids is 1. The number of alkyl carbamates (subject to hydrolysis) is 1. The van der Waals surface area contributed by atoms with E-state index in [0.29, 0.717) is 0 Å². The molecule has 0 aromatic heterocycles. The average Bonchev–Trinajstić information content (AvgIpc) is 2.93. The summed E-state index contributed by atoms with van der Waals surface area (Å²) >= 11 is 1.61. The van der Waals surface area contributed by atoms with Gasteiger partial charge in [0.05, 0.1) is 12.5 Å². The van der Waals surface area contributed by atoms with Crippen molar-refractivity contribution in [2.75, 3.05) is 6.26 Å². The lowest BCUT2D eigenvalue weighted by molar-refractivity contribution is -0.137. The molecule has 0 aromatic carbocycles. The highest BCUT2D eigenvalue weighted by atomic mass is 32.2. The minimum atomic E-state index is -0.906. The molecule has 0 saturated heterocycles. The Bertz CT molecular complexity index is 333. The van der Waals surface area contributed by atoms with Gasteiger partial charge in [-0.1, -0.05) is 0 Å². The van der Waals surface area contributed by atoms with E-state index in [1.54, 1.807) is 32.5 Å². The van der Waals surface area contributed by atoms with Crippen LogP contribution in [0.3, 0.4) is 0 Å². The van der Waals surface area contributed by atoms with Crippen molar-refractivity contribution in [1.82, 2.24) is 5.32 Å². The molecule has 0 heterocycles. The Morgan fingerprint density at radius 2 is 2.00 bits per heavy atom. The van der Waals surface area contributed by atoms with Crippen molar-refractivity contribution < 1.29 is 19.4 Å². The van der Waals surface area contributed by atoms with Crippen LogP contribution in [0.2, 0.25) is 0 Å². The fraction of sp³-hybridized carbons (Fsp3) is 0.833. The number of carbonyl (C=O) groups is 2. The number of ether oxygens (including phenoxy) is 1. The van der Waals surface area contributed by atoms with Gasteiger partial charge in [0.15, 0.2) is 0 Å². The molecule has 1 saturated carbocycles. The normalized spacial score (nSPS) is 18.9. The standard InChI is InChI=1S/C12H21NO4S/c1-11(2,3)17-10(16)13-8(7-9(14)15)12(18-4)5-6-12/h8H,5-7H2,1-4H3,(H,13,16)(H,14,15). The van der Waals surface area contributed by atoms with Gasteiger partial charge in [0.2, 0.25) is 0 Å². The molecule has 0 bridgehead atoms. The molecular formula is C12H21NO4S. The number of carboxylic acid groups (broad SMARTS) is 1. The fourth-order valence-corrected chi connectivity index (χ4v) is 2.75. The maximum atomic E-state index is 11.7. The highest BCUT2D eigenvalue weighted by Gasteiger charge is 2.50. The molecule has 1 fully saturated rings. The second-order valence-corrected chi connectivity index (χ2v) is 6.79. The molecule has 0 spiro atoms. The largest absolute Gasteiger partial charge is 0.481 e. The number of thioether (sulfide) groups is 1. The van der Waals surface area contributed by atoms with Crippen LogP contribution in [0.15, 0.2) is 0 Å². The molecule has 1 atom stereocenters. The first-order valence-corrected chi connectivity index (χ1v) is 7.17. The predicted molar refractivity (Wildman–Crippen MR) is 70.9 cm³/mol.